The summed E-state index contributed by atoms with van der Waals surface area (Å²) in [7, 11) is 3.79. The van der Waals surface area contributed by atoms with Crippen LogP contribution in [0.25, 0.3) is 0 Å². The van der Waals surface area contributed by atoms with Gasteiger partial charge in [-0.15, -0.1) is 0 Å². The fourth-order valence-electron chi connectivity index (χ4n) is 3.24. The highest BCUT2D eigenvalue weighted by Crippen LogP contribution is 2.41. The molecular formula is C14H25N3O. The van der Waals surface area contributed by atoms with Crippen LogP contribution in [-0.4, -0.2) is 30.5 Å². The van der Waals surface area contributed by atoms with Crippen LogP contribution < -0.4 is 10.1 Å². The van der Waals surface area contributed by atoms with E-state index < -0.39 is 0 Å². The summed E-state index contributed by atoms with van der Waals surface area (Å²) in [5.74, 6) is 2.26. The van der Waals surface area contributed by atoms with Gasteiger partial charge in [0.1, 0.15) is 0 Å². The third-order valence-electron chi connectivity index (χ3n) is 4.09. The Bertz CT molecular complexity index is 352. The number of rotatable bonds is 5. The lowest BCUT2D eigenvalue weighted by atomic mass is 9.77. The molecule has 0 aliphatic heterocycles. The minimum atomic E-state index is 0.587. The Hall–Kier alpha value is -1.03. The van der Waals surface area contributed by atoms with Gasteiger partial charge in [0.05, 0.1) is 19.0 Å². The molecule has 2 atom stereocenters. The van der Waals surface area contributed by atoms with Crippen molar-refractivity contribution < 1.29 is 4.74 Å². The second-order valence-electron chi connectivity index (χ2n) is 5.12. The zero-order valence-electron chi connectivity index (χ0n) is 11.8. The number of nitrogens with one attached hydrogen (secondary N) is 1. The van der Waals surface area contributed by atoms with Gasteiger partial charge in [0.25, 0.3) is 0 Å². The molecule has 1 aromatic heterocycles. The van der Waals surface area contributed by atoms with Crippen molar-refractivity contribution >= 4 is 0 Å². The van der Waals surface area contributed by atoms with Crippen molar-refractivity contribution in [2.24, 2.45) is 5.92 Å². The van der Waals surface area contributed by atoms with Crippen LogP contribution in [-0.2, 0) is 6.54 Å². The molecule has 18 heavy (non-hydrogen) atoms. The number of hydrogen-bond donors (Lipinski definition) is 1. The van der Waals surface area contributed by atoms with E-state index in [0.717, 1.165) is 18.8 Å². The third kappa shape index (κ3) is 2.53. The van der Waals surface area contributed by atoms with Gasteiger partial charge in [-0.1, -0.05) is 12.8 Å². The van der Waals surface area contributed by atoms with Crippen LogP contribution in [0.2, 0.25) is 0 Å². The molecule has 1 aliphatic carbocycles. The summed E-state index contributed by atoms with van der Waals surface area (Å²) in [5, 5.41) is 7.78. The Morgan fingerprint density at radius 2 is 2.22 bits per heavy atom. The van der Waals surface area contributed by atoms with Gasteiger partial charge in [0.15, 0.2) is 5.75 Å². The van der Waals surface area contributed by atoms with E-state index in [1.165, 1.54) is 31.4 Å². The van der Waals surface area contributed by atoms with Crippen molar-refractivity contribution in [3.8, 4) is 5.75 Å². The number of ether oxygens (including phenoxy) is 1. The van der Waals surface area contributed by atoms with Crippen molar-refractivity contribution in [2.75, 3.05) is 20.7 Å². The molecule has 1 fully saturated rings. The molecule has 0 bridgehead atoms. The van der Waals surface area contributed by atoms with Crippen molar-refractivity contribution in [2.45, 2.75) is 45.1 Å². The second kappa shape index (κ2) is 6.23. The van der Waals surface area contributed by atoms with Gasteiger partial charge in [0, 0.05) is 12.5 Å². The summed E-state index contributed by atoms with van der Waals surface area (Å²) < 4.78 is 7.61. The normalized spacial score (nSPS) is 24.2. The smallest absolute Gasteiger partial charge is 0.160 e. The molecule has 0 saturated heterocycles. The number of hydrogen-bond acceptors (Lipinski definition) is 3. The Labute approximate surface area is 110 Å². The van der Waals surface area contributed by atoms with Crippen molar-refractivity contribution in [3.63, 3.8) is 0 Å². The molecule has 4 nitrogen and oxygen atoms in total. The molecule has 1 N–H and O–H groups in total. The van der Waals surface area contributed by atoms with E-state index in [1.807, 2.05) is 13.2 Å². The number of aromatic nitrogens is 2. The molecule has 1 heterocycles. The first-order chi connectivity index (χ1) is 8.81. The van der Waals surface area contributed by atoms with Gasteiger partial charge in [-0.3, -0.25) is 4.68 Å². The lowest BCUT2D eigenvalue weighted by Gasteiger charge is -2.32. The highest BCUT2D eigenvalue weighted by molar-refractivity contribution is 5.29. The average Bonchev–Trinajstić information content (AvgIpc) is 2.82. The quantitative estimate of drug-likeness (QED) is 0.873. The monoisotopic (exact) mass is 251 g/mol. The third-order valence-corrected chi connectivity index (χ3v) is 4.09. The predicted molar refractivity (Wildman–Crippen MR) is 73.1 cm³/mol. The predicted octanol–water partition coefficient (Wildman–Crippen LogP) is 2.40. The minimum Gasteiger partial charge on any atom is -0.493 e. The van der Waals surface area contributed by atoms with E-state index >= 15 is 0 Å². The summed E-state index contributed by atoms with van der Waals surface area (Å²) in [6, 6.07) is 0. The van der Waals surface area contributed by atoms with Crippen molar-refractivity contribution in [1.82, 2.24) is 15.1 Å². The second-order valence-corrected chi connectivity index (χ2v) is 5.12. The molecule has 0 aromatic carbocycles. The first-order valence-electron chi connectivity index (χ1n) is 7.06. The Morgan fingerprint density at radius 1 is 1.44 bits per heavy atom. The molecule has 0 spiro atoms. The molecule has 1 aromatic rings. The summed E-state index contributed by atoms with van der Waals surface area (Å²) >= 11 is 0. The topological polar surface area (TPSA) is 39.1 Å². The maximum Gasteiger partial charge on any atom is 0.160 e. The summed E-state index contributed by atoms with van der Waals surface area (Å²) in [4.78, 5) is 0. The lowest BCUT2D eigenvalue weighted by molar-refractivity contribution is 0.280. The van der Waals surface area contributed by atoms with Crippen molar-refractivity contribution in [3.05, 3.63) is 11.9 Å². The van der Waals surface area contributed by atoms with E-state index in [4.69, 9.17) is 4.74 Å². The number of methoxy groups -OCH3 is 1. The van der Waals surface area contributed by atoms with Gasteiger partial charge in [-0.05, 0) is 39.3 Å². The molecule has 1 aliphatic rings. The minimum absolute atomic E-state index is 0.587. The lowest BCUT2D eigenvalue weighted by Crippen LogP contribution is -2.29. The fraction of sp³-hybridized carbons (Fsp3) is 0.786. The van der Waals surface area contributed by atoms with Crippen LogP contribution in [0.15, 0.2) is 6.20 Å². The highest BCUT2D eigenvalue weighted by atomic mass is 16.5. The van der Waals surface area contributed by atoms with Crippen LogP contribution in [0.4, 0.5) is 0 Å². The largest absolute Gasteiger partial charge is 0.493 e. The summed E-state index contributed by atoms with van der Waals surface area (Å²) in [6.07, 6.45) is 7.11. The van der Waals surface area contributed by atoms with Crippen LogP contribution in [0.5, 0.6) is 5.75 Å². The van der Waals surface area contributed by atoms with E-state index in [0.29, 0.717) is 11.8 Å². The van der Waals surface area contributed by atoms with Gasteiger partial charge in [0.2, 0.25) is 0 Å². The van der Waals surface area contributed by atoms with Gasteiger partial charge >= 0.3 is 0 Å². The fourth-order valence-corrected chi connectivity index (χ4v) is 3.24. The Kier molecular flexibility index (Phi) is 4.64. The molecule has 102 valence electrons. The van der Waals surface area contributed by atoms with Crippen LogP contribution >= 0.6 is 0 Å². The van der Waals surface area contributed by atoms with E-state index in [-0.39, 0.29) is 0 Å². The molecule has 0 amide bonds. The van der Waals surface area contributed by atoms with Gasteiger partial charge in [-0.25, -0.2) is 0 Å². The van der Waals surface area contributed by atoms with Crippen molar-refractivity contribution in [1.29, 1.82) is 0 Å². The molecule has 2 unspecified atom stereocenters. The van der Waals surface area contributed by atoms with E-state index in [9.17, 15) is 0 Å². The maximum absolute atomic E-state index is 5.50. The van der Waals surface area contributed by atoms with Gasteiger partial charge in [-0.2, -0.15) is 5.10 Å². The number of aryl methyl sites for hydroxylation is 1. The zero-order valence-corrected chi connectivity index (χ0v) is 11.8. The SMILES string of the molecule is CCn1ncc(OC)c1C1CCCCC1CNC. The molecular weight excluding hydrogens is 226 g/mol. The van der Waals surface area contributed by atoms with Crippen LogP contribution in [0.1, 0.15) is 44.2 Å². The highest BCUT2D eigenvalue weighted by Gasteiger charge is 2.31. The Morgan fingerprint density at radius 3 is 2.89 bits per heavy atom. The maximum atomic E-state index is 5.50. The first kappa shape index (κ1) is 13.4. The zero-order chi connectivity index (χ0) is 13.0. The van der Waals surface area contributed by atoms with Crippen LogP contribution in [0, 0.1) is 5.92 Å². The Balaban J connectivity index is 2.28. The van der Waals surface area contributed by atoms with Gasteiger partial charge < -0.3 is 10.1 Å². The standard InChI is InChI=1S/C14H25N3O/c1-4-17-14(13(18-3)10-16-17)12-8-6-5-7-11(12)9-15-2/h10-12,15H,4-9H2,1-3H3. The molecule has 1 saturated carbocycles. The summed E-state index contributed by atoms with van der Waals surface area (Å²) in [5.41, 5.74) is 1.31. The average molecular weight is 251 g/mol. The van der Waals surface area contributed by atoms with Crippen LogP contribution in [0.3, 0.4) is 0 Å². The first-order valence-corrected chi connectivity index (χ1v) is 7.06. The van der Waals surface area contributed by atoms with E-state index in [1.54, 1.807) is 7.11 Å². The molecule has 2 rings (SSSR count). The van der Waals surface area contributed by atoms with E-state index in [2.05, 4.69) is 22.0 Å². The summed E-state index contributed by atoms with van der Waals surface area (Å²) in [6.45, 7) is 4.15. The molecule has 4 heteroatoms. The molecule has 0 radical (unpaired) electrons. The number of nitrogens with zero attached hydrogens (tertiary/aromatic N) is 2.